The van der Waals surface area contributed by atoms with Crippen LogP contribution in [0.25, 0.3) is 11.3 Å². The Kier molecular flexibility index (Phi) is 6.99. The van der Waals surface area contributed by atoms with Gasteiger partial charge < -0.3 is 10.6 Å². The average Bonchev–Trinajstić information content (AvgIpc) is 2.69. The molecule has 29 heavy (non-hydrogen) atoms. The second-order valence-electron chi connectivity index (χ2n) is 6.98. The SMILES string of the molecule is Cc1nc(NCCCNC(=O)c2cccc(Br)c2)cc(-c2cccc(C)c2C)n1. The molecule has 0 fully saturated rings. The van der Waals surface area contributed by atoms with Crippen molar-refractivity contribution in [2.24, 2.45) is 0 Å². The van der Waals surface area contributed by atoms with Crippen LogP contribution < -0.4 is 10.6 Å². The summed E-state index contributed by atoms with van der Waals surface area (Å²) in [6.07, 6.45) is 0.793. The summed E-state index contributed by atoms with van der Waals surface area (Å²) in [5, 5.41) is 6.28. The van der Waals surface area contributed by atoms with Crippen molar-refractivity contribution in [3.63, 3.8) is 0 Å². The van der Waals surface area contributed by atoms with E-state index >= 15 is 0 Å². The quantitative estimate of drug-likeness (QED) is 0.491. The van der Waals surface area contributed by atoms with E-state index in [1.54, 1.807) is 6.07 Å². The van der Waals surface area contributed by atoms with Crippen LogP contribution in [-0.2, 0) is 0 Å². The fraction of sp³-hybridized carbons (Fsp3) is 0.261. The second kappa shape index (κ2) is 9.65. The zero-order valence-electron chi connectivity index (χ0n) is 16.9. The van der Waals surface area contributed by atoms with Gasteiger partial charge in [0.15, 0.2) is 0 Å². The van der Waals surface area contributed by atoms with Gasteiger partial charge in [0.2, 0.25) is 0 Å². The topological polar surface area (TPSA) is 66.9 Å². The molecule has 2 aromatic carbocycles. The van der Waals surface area contributed by atoms with E-state index < -0.39 is 0 Å². The number of amides is 1. The molecule has 0 spiro atoms. The summed E-state index contributed by atoms with van der Waals surface area (Å²) in [6, 6.07) is 15.6. The van der Waals surface area contributed by atoms with Crippen molar-refractivity contribution in [2.45, 2.75) is 27.2 Å². The highest BCUT2D eigenvalue weighted by Crippen LogP contribution is 2.25. The summed E-state index contributed by atoms with van der Waals surface area (Å²) in [6.45, 7) is 7.42. The van der Waals surface area contributed by atoms with Gasteiger partial charge in [-0.2, -0.15) is 0 Å². The first kappa shape index (κ1) is 21.0. The molecule has 0 unspecified atom stereocenters. The molecule has 1 aromatic heterocycles. The smallest absolute Gasteiger partial charge is 0.251 e. The Morgan fingerprint density at radius 1 is 1.00 bits per heavy atom. The number of nitrogens with zero attached hydrogens (tertiary/aromatic N) is 2. The average molecular weight is 453 g/mol. The Balaban J connectivity index is 1.55. The first-order valence-corrected chi connectivity index (χ1v) is 10.4. The highest BCUT2D eigenvalue weighted by atomic mass is 79.9. The van der Waals surface area contributed by atoms with Gasteiger partial charge in [-0.25, -0.2) is 9.97 Å². The zero-order valence-corrected chi connectivity index (χ0v) is 18.5. The fourth-order valence-corrected chi connectivity index (χ4v) is 3.46. The number of rotatable bonds is 7. The predicted molar refractivity (Wildman–Crippen MR) is 121 cm³/mol. The number of benzene rings is 2. The van der Waals surface area contributed by atoms with Crippen LogP contribution in [-0.4, -0.2) is 29.0 Å². The summed E-state index contributed by atoms with van der Waals surface area (Å²) >= 11 is 3.38. The molecule has 150 valence electrons. The molecule has 3 rings (SSSR count). The van der Waals surface area contributed by atoms with Crippen molar-refractivity contribution in [1.82, 2.24) is 15.3 Å². The Bertz CT molecular complexity index is 1020. The Morgan fingerprint density at radius 3 is 2.59 bits per heavy atom. The minimum atomic E-state index is -0.0682. The maximum absolute atomic E-state index is 12.2. The number of carbonyl (C=O) groups is 1. The van der Waals surface area contributed by atoms with Gasteiger partial charge in [-0.05, 0) is 56.5 Å². The minimum Gasteiger partial charge on any atom is -0.370 e. The maximum Gasteiger partial charge on any atom is 0.251 e. The fourth-order valence-electron chi connectivity index (χ4n) is 3.06. The van der Waals surface area contributed by atoms with Gasteiger partial charge in [-0.1, -0.05) is 40.2 Å². The summed E-state index contributed by atoms with van der Waals surface area (Å²) in [7, 11) is 0. The van der Waals surface area contributed by atoms with E-state index in [1.165, 1.54) is 11.1 Å². The summed E-state index contributed by atoms with van der Waals surface area (Å²) < 4.78 is 0.894. The lowest BCUT2D eigenvalue weighted by molar-refractivity contribution is 0.0953. The van der Waals surface area contributed by atoms with E-state index in [1.807, 2.05) is 31.2 Å². The van der Waals surface area contributed by atoms with Crippen LogP contribution in [0.1, 0.15) is 33.7 Å². The number of hydrogen-bond acceptors (Lipinski definition) is 4. The molecule has 5 nitrogen and oxygen atoms in total. The van der Waals surface area contributed by atoms with Gasteiger partial charge in [-0.3, -0.25) is 4.79 Å². The van der Waals surface area contributed by atoms with E-state index in [4.69, 9.17) is 0 Å². The highest BCUT2D eigenvalue weighted by Gasteiger charge is 2.09. The molecule has 0 saturated heterocycles. The molecule has 0 saturated carbocycles. The third-order valence-corrected chi connectivity index (χ3v) is 5.24. The lowest BCUT2D eigenvalue weighted by atomic mass is 10.0. The molecule has 3 aromatic rings. The maximum atomic E-state index is 12.2. The van der Waals surface area contributed by atoms with Gasteiger partial charge in [0, 0.05) is 34.8 Å². The Morgan fingerprint density at radius 2 is 1.79 bits per heavy atom. The molecular formula is C23H25BrN4O. The van der Waals surface area contributed by atoms with E-state index in [0.29, 0.717) is 18.7 Å². The van der Waals surface area contributed by atoms with Crippen molar-refractivity contribution in [3.8, 4) is 11.3 Å². The van der Waals surface area contributed by atoms with Gasteiger partial charge in [0.1, 0.15) is 11.6 Å². The molecule has 1 amide bonds. The number of aryl methyl sites for hydroxylation is 2. The molecule has 0 bridgehead atoms. The summed E-state index contributed by atoms with van der Waals surface area (Å²) in [5.74, 6) is 1.46. The van der Waals surface area contributed by atoms with E-state index in [9.17, 15) is 4.79 Å². The number of carbonyl (C=O) groups excluding carboxylic acids is 1. The first-order valence-electron chi connectivity index (χ1n) is 9.64. The minimum absolute atomic E-state index is 0.0682. The molecule has 0 aliphatic rings. The second-order valence-corrected chi connectivity index (χ2v) is 7.90. The monoisotopic (exact) mass is 452 g/mol. The van der Waals surface area contributed by atoms with Crippen molar-refractivity contribution >= 4 is 27.7 Å². The number of nitrogens with one attached hydrogen (secondary N) is 2. The standard InChI is InChI=1S/C23H25BrN4O/c1-15-7-4-10-20(16(15)2)21-14-22(28-17(3)27-21)25-11-6-12-26-23(29)18-8-5-9-19(24)13-18/h4-5,7-10,13-14H,6,11-12H2,1-3H3,(H,26,29)(H,25,27,28). The van der Waals surface area contributed by atoms with Crippen LogP contribution in [0.4, 0.5) is 5.82 Å². The number of hydrogen-bond donors (Lipinski definition) is 2. The van der Waals surface area contributed by atoms with Crippen molar-refractivity contribution in [1.29, 1.82) is 0 Å². The molecule has 2 N–H and O–H groups in total. The van der Waals surface area contributed by atoms with Crippen LogP contribution in [0.15, 0.2) is 53.0 Å². The lowest BCUT2D eigenvalue weighted by Crippen LogP contribution is -2.25. The molecule has 0 aliphatic carbocycles. The molecule has 0 aliphatic heterocycles. The zero-order chi connectivity index (χ0) is 20.8. The predicted octanol–water partition coefficient (Wildman–Crippen LogP) is 5.06. The van der Waals surface area contributed by atoms with Crippen LogP contribution in [0, 0.1) is 20.8 Å². The summed E-state index contributed by atoms with van der Waals surface area (Å²) in [4.78, 5) is 21.3. The molecule has 6 heteroatoms. The molecule has 0 radical (unpaired) electrons. The first-order chi connectivity index (χ1) is 13.9. The van der Waals surface area contributed by atoms with Crippen molar-refractivity contribution in [3.05, 3.63) is 75.5 Å². The van der Waals surface area contributed by atoms with Crippen LogP contribution >= 0.6 is 15.9 Å². The number of anilines is 1. The highest BCUT2D eigenvalue weighted by molar-refractivity contribution is 9.10. The van der Waals surface area contributed by atoms with E-state index in [0.717, 1.165) is 33.8 Å². The van der Waals surface area contributed by atoms with E-state index in [-0.39, 0.29) is 5.91 Å². The third-order valence-electron chi connectivity index (χ3n) is 4.75. The number of aromatic nitrogens is 2. The van der Waals surface area contributed by atoms with Crippen molar-refractivity contribution in [2.75, 3.05) is 18.4 Å². The third kappa shape index (κ3) is 5.64. The largest absolute Gasteiger partial charge is 0.370 e. The summed E-state index contributed by atoms with van der Waals surface area (Å²) in [5.41, 5.74) is 5.17. The van der Waals surface area contributed by atoms with E-state index in [2.05, 4.69) is 68.6 Å². The van der Waals surface area contributed by atoms with Crippen LogP contribution in [0.3, 0.4) is 0 Å². The Hall–Kier alpha value is -2.73. The molecule has 0 atom stereocenters. The molecular weight excluding hydrogens is 428 g/mol. The lowest BCUT2D eigenvalue weighted by Gasteiger charge is -2.12. The van der Waals surface area contributed by atoms with Gasteiger partial charge in [-0.15, -0.1) is 0 Å². The van der Waals surface area contributed by atoms with Gasteiger partial charge in [0.05, 0.1) is 5.69 Å². The van der Waals surface area contributed by atoms with Gasteiger partial charge in [0.25, 0.3) is 5.91 Å². The van der Waals surface area contributed by atoms with Gasteiger partial charge >= 0.3 is 0 Å². The molecule has 1 heterocycles. The van der Waals surface area contributed by atoms with Crippen molar-refractivity contribution < 1.29 is 4.79 Å². The Labute approximate surface area is 180 Å². The normalized spacial score (nSPS) is 10.6. The number of halogens is 1. The van der Waals surface area contributed by atoms with Crippen LogP contribution in [0.5, 0.6) is 0 Å². The van der Waals surface area contributed by atoms with Crippen LogP contribution in [0.2, 0.25) is 0 Å².